The molecule has 1 fully saturated rings. The van der Waals surface area contributed by atoms with Crippen LogP contribution in [0, 0.1) is 34.5 Å². The van der Waals surface area contributed by atoms with Crippen molar-refractivity contribution in [1.29, 1.82) is 10.5 Å². The molecule has 2 aromatic carbocycles. The van der Waals surface area contributed by atoms with Gasteiger partial charge >= 0.3 is 17.6 Å². The van der Waals surface area contributed by atoms with Gasteiger partial charge in [-0.3, -0.25) is 9.78 Å². The van der Waals surface area contributed by atoms with Gasteiger partial charge in [0, 0.05) is 36.9 Å². The molecule has 0 spiro atoms. The zero-order chi connectivity index (χ0) is 34.2. The van der Waals surface area contributed by atoms with E-state index in [1.807, 2.05) is 12.1 Å². The molecule has 0 amide bonds. The van der Waals surface area contributed by atoms with E-state index in [0.717, 1.165) is 0 Å². The third-order valence-electron chi connectivity index (χ3n) is 8.91. The Bertz CT molecular complexity index is 2060. The SMILES string of the molecule is CC(O)(OC(=O)c1ccc(C#N)cc1)[C@@H]1C[C@H](OC(=O)c2ccc(C#N)cc2)[C@@]2(C)Oc3cc(-c4cccnc4)oc(=O)c3C(=O)[C@@H]2C1. The Morgan fingerprint density at radius 2 is 1.60 bits per heavy atom. The normalized spacial score (nSPS) is 22.4. The molecule has 0 bridgehead atoms. The maximum absolute atomic E-state index is 14.1. The van der Waals surface area contributed by atoms with Crippen molar-refractivity contribution in [3.05, 3.63) is 117 Å². The third-order valence-corrected chi connectivity index (χ3v) is 8.91. The van der Waals surface area contributed by atoms with Crippen LogP contribution in [0.15, 0.2) is 88.3 Å². The van der Waals surface area contributed by atoms with Crippen molar-refractivity contribution in [2.75, 3.05) is 0 Å². The molecule has 1 unspecified atom stereocenters. The molecule has 240 valence electrons. The lowest BCUT2D eigenvalue weighted by Gasteiger charge is -2.51. The molecule has 5 atom stereocenters. The van der Waals surface area contributed by atoms with Crippen molar-refractivity contribution in [1.82, 2.24) is 4.98 Å². The number of nitrogens with zero attached hydrogens (tertiary/aromatic N) is 3. The quantitative estimate of drug-likeness (QED) is 0.227. The molecule has 12 nitrogen and oxygen atoms in total. The fraction of sp³-hybridized carbons (Fsp3) is 0.250. The van der Waals surface area contributed by atoms with Gasteiger partial charge in [-0.15, -0.1) is 0 Å². The molecule has 1 aliphatic carbocycles. The van der Waals surface area contributed by atoms with Crippen LogP contribution in [0.3, 0.4) is 0 Å². The Morgan fingerprint density at radius 3 is 2.19 bits per heavy atom. The van der Waals surface area contributed by atoms with E-state index in [2.05, 4.69) is 4.98 Å². The Labute approximate surface area is 273 Å². The number of ether oxygens (including phenoxy) is 3. The molecule has 12 heteroatoms. The van der Waals surface area contributed by atoms with Gasteiger partial charge in [0.15, 0.2) is 11.4 Å². The number of esters is 2. The number of Topliss-reactive ketones (excluding diaryl/α,β-unsaturated/α-hetero) is 1. The molecular weight excluding hydrogens is 618 g/mol. The van der Waals surface area contributed by atoms with Crippen molar-refractivity contribution in [2.24, 2.45) is 11.8 Å². The third kappa shape index (κ3) is 5.81. The lowest BCUT2D eigenvalue weighted by molar-refractivity contribution is -0.221. The summed E-state index contributed by atoms with van der Waals surface area (Å²) in [5.41, 5.74) is -1.49. The fourth-order valence-corrected chi connectivity index (χ4v) is 6.16. The number of rotatable bonds is 6. The summed E-state index contributed by atoms with van der Waals surface area (Å²) in [6, 6.07) is 20.0. The van der Waals surface area contributed by atoms with Gasteiger partial charge in [-0.25, -0.2) is 14.4 Å². The molecule has 1 N–H and O–H groups in total. The van der Waals surface area contributed by atoms with Gasteiger partial charge in [0.05, 0.1) is 40.3 Å². The van der Waals surface area contributed by atoms with Gasteiger partial charge in [-0.1, -0.05) is 0 Å². The largest absolute Gasteiger partial charge is 0.482 e. The summed E-state index contributed by atoms with van der Waals surface area (Å²) >= 11 is 0. The lowest BCUT2D eigenvalue weighted by atomic mass is 9.64. The first-order valence-electron chi connectivity index (χ1n) is 14.9. The second-order valence-electron chi connectivity index (χ2n) is 12.0. The van der Waals surface area contributed by atoms with Gasteiger partial charge in [-0.2, -0.15) is 10.5 Å². The number of fused-ring (bicyclic) bond motifs is 2. The second-order valence-corrected chi connectivity index (χ2v) is 12.0. The highest BCUT2D eigenvalue weighted by Crippen LogP contribution is 2.50. The van der Waals surface area contributed by atoms with Gasteiger partial charge in [0.2, 0.25) is 5.79 Å². The number of ketones is 1. The average molecular weight is 646 g/mol. The monoisotopic (exact) mass is 645 g/mol. The first kappa shape index (κ1) is 31.9. The minimum Gasteiger partial charge on any atom is -0.482 e. The number of aromatic nitrogens is 1. The second kappa shape index (κ2) is 12.2. The summed E-state index contributed by atoms with van der Waals surface area (Å²) in [6.45, 7) is 2.85. The van der Waals surface area contributed by atoms with E-state index in [1.165, 1.54) is 67.7 Å². The van der Waals surface area contributed by atoms with Gasteiger partial charge in [0.1, 0.15) is 23.2 Å². The van der Waals surface area contributed by atoms with E-state index in [1.54, 1.807) is 25.3 Å². The van der Waals surface area contributed by atoms with Crippen LogP contribution in [0.2, 0.25) is 0 Å². The summed E-state index contributed by atoms with van der Waals surface area (Å²) < 4.78 is 23.4. The zero-order valence-electron chi connectivity index (χ0n) is 25.7. The molecule has 48 heavy (non-hydrogen) atoms. The van der Waals surface area contributed by atoms with Crippen LogP contribution in [-0.4, -0.2) is 45.3 Å². The maximum Gasteiger partial charge on any atom is 0.351 e. The van der Waals surface area contributed by atoms with Crippen molar-refractivity contribution in [2.45, 2.75) is 44.2 Å². The van der Waals surface area contributed by atoms with Crippen molar-refractivity contribution in [3.63, 3.8) is 0 Å². The van der Waals surface area contributed by atoms with Gasteiger partial charge in [0.25, 0.3) is 0 Å². The number of hydrogen-bond donors (Lipinski definition) is 1. The number of benzene rings is 2. The average Bonchev–Trinajstić information content (AvgIpc) is 3.08. The van der Waals surface area contributed by atoms with Crippen LogP contribution in [0.5, 0.6) is 5.75 Å². The van der Waals surface area contributed by atoms with Crippen LogP contribution < -0.4 is 10.4 Å². The van der Waals surface area contributed by atoms with Crippen LogP contribution >= 0.6 is 0 Å². The number of pyridine rings is 1. The lowest BCUT2D eigenvalue weighted by Crippen LogP contribution is -2.63. The van der Waals surface area contributed by atoms with E-state index in [0.29, 0.717) is 16.7 Å². The summed E-state index contributed by atoms with van der Waals surface area (Å²) in [6.07, 6.45) is 1.61. The zero-order valence-corrected chi connectivity index (χ0v) is 25.7. The van der Waals surface area contributed by atoms with Crippen LogP contribution in [0.25, 0.3) is 11.3 Å². The van der Waals surface area contributed by atoms with E-state index < -0.39 is 52.7 Å². The van der Waals surface area contributed by atoms with E-state index >= 15 is 0 Å². The highest BCUT2D eigenvalue weighted by Gasteiger charge is 2.60. The van der Waals surface area contributed by atoms with Crippen LogP contribution in [0.4, 0.5) is 0 Å². The predicted octanol–water partition coefficient (Wildman–Crippen LogP) is 4.60. The molecule has 2 aliphatic rings. The number of hydrogen-bond acceptors (Lipinski definition) is 12. The Balaban J connectivity index is 1.37. The number of nitriles is 2. The minimum absolute atomic E-state index is 0.0641. The standard InChI is InChI=1S/C36H27N3O9/c1-35-26(31(40)30-28(47-35)16-27(45-34(30)43)24-4-3-13-39-19-24)14-25(15-29(35)46-32(41)22-9-5-20(17-37)6-10-22)36(2,44)48-33(42)23-11-7-21(18-38)8-12-23/h3-13,16,19,25-26,29,44H,14-15H2,1-2H3/t25-,26-,29-,35-,36?/m0/s1. The molecule has 0 saturated heterocycles. The van der Waals surface area contributed by atoms with E-state index in [-0.39, 0.29) is 41.0 Å². The summed E-state index contributed by atoms with van der Waals surface area (Å²) in [4.78, 5) is 57.9. The molecule has 3 heterocycles. The molecule has 4 aromatic rings. The molecule has 6 rings (SSSR count). The molecular formula is C36H27N3O9. The Morgan fingerprint density at radius 1 is 0.979 bits per heavy atom. The molecule has 0 radical (unpaired) electrons. The predicted molar refractivity (Wildman–Crippen MR) is 165 cm³/mol. The summed E-state index contributed by atoms with van der Waals surface area (Å²) in [5.74, 6) is -6.58. The van der Waals surface area contributed by atoms with Crippen molar-refractivity contribution in [3.8, 4) is 29.2 Å². The Hall–Kier alpha value is -6.11. The topological polar surface area (TPSA) is 190 Å². The first-order chi connectivity index (χ1) is 22.9. The summed E-state index contributed by atoms with van der Waals surface area (Å²) in [7, 11) is 0. The first-order valence-corrected chi connectivity index (χ1v) is 14.9. The van der Waals surface area contributed by atoms with Crippen molar-refractivity contribution >= 4 is 17.7 Å². The minimum atomic E-state index is -2.18. The van der Waals surface area contributed by atoms with Gasteiger partial charge < -0.3 is 23.7 Å². The summed E-state index contributed by atoms with van der Waals surface area (Å²) in [5, 5.41) is 29.8. The number of carbonyl (C=O) groups excluding carboxylic acids is 3. The van der Waals surface area contributed by atoms with Crippen molar-refractivity contribution < 1.29 is 38.1 Å². The smallest absolute Gasteiger partial charge is 0.351 e. The van der Waals surface area contributed by atoms with Gasteiger partial charge in [-0.05, 0) is 80.4 Å². The number of aliphatic hydroxyl groups is 1. The Kier molecular flexibility index (Phi) is 8.13. The molecule has 1 aliphatic heterocycles. The molecule has 1 saturated carbocycles. The fourth-order valence-electron chi connectivity index (χ4n) is 6.16. The number of carbonyl (C=O) groups is 3. The highest BCUT2D eigenvalue weighted by atomic mass is 16.7. The highest BCUT2D eigenvalue weighted by molar-refractivity contribution is 6.02. The van der Waals surface area contributed by atoms with Crippen LogP contribution in [-0.2, 0) is 9.47 Å². The molecule has 2 aromatic heterocycles. The maximum atomic E-state index is 14.1. The van der Waals surface area contributed by atoms with Crippen LogP contribution in [0.1, 0.15) is 68.9 Å². The van der Waals surface area contributed by atoms with E-state index in [4.69, 9.17) is 29.2 Å². The van der Waals surface area contributed by atoms with E-state index in [9.17, 15) is 24.3 Å².